The van der Waals surface area contributed by atoms with Crippen LogP contribution in [0.4, 0.5) is 0 Å². The standard InChI is InChI=1S/C21H28N2O4/c1-15-5-6-17(14-16(15)2)18(24)7-8-20(25)22-9-11-23(12-10-22)21(26)19-4-3-13-27-19/h5-6,14,19H,3-4,7-13H2,1-2H3. The van der Waals surface area contributed by atoms with Gasteiger partial charge in [0.2, 0.25) is 5.91 Å². The van der Waals surface area contributed by atoms with Gasteiger partial charge in [-0.15, -0.1) is 0 Å². The Morgan fingerprint density at radius 2 is 1.70 bits per heavy atom. The Morgan fingerprint density at radius 1 is 1.00 bits per heavy atom. The fourth-order valence-electron chi connectivity index (χ4n) is 3.59. The molecule has 6 heteroatoms. The molecular weight excluding hydrogens is 344 g/mol. The van der Waals surface area contributed by atoms with Crippen molar-refractivity contribution in [2.75, 3.05) is 32.8 Å². The Morgan fingerprint density at radius 3 is 2.33 bits per heavy atom. The minimum atomic E-state index is -0.303. The van der Waals surface area contributed by atoms with Crippen LogP contribution in [-0.2, 0) is 14.3 Å². The highest BCUT2D eigenvalue weighted by Crippen LogP contribution is 2.17. The van der Waals surface area contributed by atoms with Gasteiger partial charge in [0.1, 0.15) is 6.10 Å². The van der Waals surface area contributed by atoms with Gasteiger partial charge in [-0.2, -0.15) is 0 Å². The molecule has 146 valence electrons. The van der Waals surface area contributed by atoms with Crippen LogP contribution < -0.4 is 0 Å². The molecule has 3 rings (SSSR count). The number of carbonyl (C=O) groups excluding carboxylic acids is 3. The Labute approximate surface area is 160 Å². The van der Waals surface area contributed by atoms with Crippen molar-refractivity contribution in [3.05, 3.63) is 34.9 Å². The molecule has 0 radical (unpaired) electrons. The summed E-state index contributed by atoms with van der Waals surface area (Å²) in [5.41, 5.74) is 2.90. The zero-order valence-electron chi connectivity index (χ0n) is 16.2. The van der Waals surface area contributed by atoms with Crippen LogP contribution in [0.1, 0.15) is 47.2 Å². The minimum Gasteiger partial charge on any atom is -0.368 e. The lowest BCUT2D eigenvalue weighted by molar-refractivity contribution is -0.146. The van der Waals surface area contributed by atoms with Gasteiger partial charge in [-0.05, 0) is 43.9 Å². The first-order valence-electron chi connectivity index (χ1n) is 9.74. The van der Waals surface area contributed by atoms with Crippen molar-refractivity contribution >= 4 is 17.6 Å². The Bertz CT molecular complexity index is 717. The molecule has 0 spiro atoms. The molecule has 2 heterocycles. The fourth-order valence-corrected chi connectivity index (χ4v) is 3.59. The van der Waals surface area contributed by atoms with E-state index in [1.165, 1.54) is 0 Å². The predicted molar refractivity (Wildman–Crippen MR) is 102 cm³/mol. The lowest BCUT2D eigenvalue weighted by Crippen LogP contribution is -2.52. The van der Waals surface area contributed by atoms with Gasteiger partial charge in [-0.25, -0.2) is 0 Å². The average Bonchev–Trinajstić information content (AvgIpc) is 3.22. The first-order valence-corrected chi connectivity index (χ1v) is 9.74. The van der Waals surface area contributed by atoms with Gasteiger partial charge in [0.05, 0.1) is 0 Å². The molecule has 2 saturated heterocycles. The molecule has 2 fully saturated rings. The quantitative estimate of drug-likeness (QED) is 0.743. The lowest BCUT2D eigenvalue weighted by Gasteiger charge is -2.35. The molecule has 0 aromatic heterocycles. The number of rotatable bonds is 5. The molecule has 0 bridgehead atoms. The van der Waals surface area contributed by atoms with Gasteiger partial charge < -0.3 is 14.5 Å². The van der Waals surface area contributed by atoms with Gasteiger partial charge in [-0.3, -0.25) is 14.4 Å². The van der Waals surface area contributed by atoms with E-state index in [0.29, 0.717) is 38.3 Å². The zero-order chi connectivity index (χ0) is 19.4. The van der Waals surface area contributed by atoms with Crippen LogP contribution in [0, 0.1) is 13.8 Å². The number of hydrogen-bond donors (Lipinski definition) is 0. The van der Waals surface area contributed by atoms with Crippen LogP contribution in [0.5, 0.6) is 0 Å². The van der Waals surface area contributed by atoms with E-state index in [1.54, 1.807) is 9.80 Å². The van der Waals surface area contributed by atoms with Crippen molar-refractivity contribution in [3.8, 4) is 0 Å². The second-order valence-electron chi connectivity index (χ2n) is 7.43. The summed E-state index contributed by atoms with van der Waals surface area (Å²) in [6, 6.07) is 5.65. The number of Topliss-reactive ketones (excluding diaryl/α,β-unsaturated/α-hetero) is 1. The highest BCUT2D eigenvalue weighted by atomic mass is 16.5. The Balaban J connectivity index is 1.44. The van der Waals surface area contributed by atoms with Crippen molar-refractivity contribution in [1.29, 1.82) is 0 Å². The molecule has 2 aliphatic rings. The number of piperazine rings is 1. The maximum absolute atomic E-state index is 12.4. The second-order valence-corrected chi connectivity index (χ2v) is 7.43. The average molecular weight is 372 g/mol. The number of aryl methyl sites for hydroxylation is 2. The third kappa shape index (κ3) is 4.75. The molecule has 1 unspecified atom stereocenters. The summed E-state index contributed by atoms with van der Waals surface area (Å²) in [4.78, 5) is 40.7. The van der Waals surface area contributed by atoms with Crippen molar-refractivity contribution in [1.82, 2.24) is 9.80 Å². The molecule has 2 amide bonds. The zero-order valence-corrected chi connectivity index (χ0v) is 16.2. The van der Waals surface area contributed by atoms with E-state index in [2.05, 4.69) is 0 Å². The van der Waals surface area contributed by atoms with Crippen LogP contribution >= 0.6 is 0 Å². The normalized spacial score (nSPS) is 20.0. The topological polar surface area (TPSA) is 66.9 Å². The van der Waals surface area contributed by atoms with Crippen molar-refractivity contribution in [2.45, 2.75) is 45.6 Å². The lowest BCUT2D eigenvalue weighted by atomic mass is 10.0. The molecule has 0 aliphatic carbocycles. The van der Waals surface area contributed by atoms with E-state index in [9.17, 15) is 14.4 Å². The Hall–Kier alpha value is -2.21. The first kappa shape index (κ1) is 19.5. The monoisotopic (exact) mass is 372 g/mol. The smallest absolute Gasteiger partial charge is 0.251 e. The number of ketones is 1. The summed E-state index contributed by atoms with van der Waals surface area (Å²) in [6.07, 6.45) is 1.85. The largest absolute Gasteiger partial charge is 0.368 e. The van der Waals surface area contributed by atoms with Crippen LogP contribution in [0.2, 0.25) is 0 Å². The van der Waals surface area contributed by atoms with Gasteiger partial charge in [-0.1, -0.05) is 12.1 Å². The molecule has 6 nitrogen and oxygen atoms in total. The van der Waals surface area contributed by atoms with E-state index < -0.39 is 0 Å². The van der Waals surface area contributed by atoms with E-state index in [1.807, 2.05) is 32.0 Å². The van der Waals surface area contributed by atoms with Gasteiger partial charge in [0.15, 0.2) is 5.78 Å². The van der Waals surface area contributed by atoms with E-state index in [-0.39, 0.29) is 36.5 Å². The number of amides is 2. The minimum absolute atomic E-state index is 0.00125. The third-order valence-corrected chi connectivity index (χ3v) is 5.54. The van der Waals surface area contributed by atoms with E-state index in [4.69, 9.17) is 4.74 Å². The molecule has 0 saturated carbocycles. The van der Waals surface area contributed by atoms with Gasteiger partial charge in [0, 0.05) is 51.2 Å². The molecule has 0 N–H and O–H groups in total. The van der Waals surface area contributed by atoms with Crippen LogP contribution in [0.25, 0.3) is 0 Å². The van der Waals surface area contributed by atoms with Crippen LogP contribution in [0.3, 0.4) is 0 Å². The number of ether oxygens (including phenoxy) is 1. The SMILES string of the molecule is Cc1ccc(C(=O)CCC(=O)N2CCN(C(=O)C3CCCO3)CC2)cc1C. The molecule has 1 atom stereocenters. The summed E-state index contributed by atoms with van der Waals surface area (Å²) >= 11 is 0. The summed E-state index contributed by atoms with van der Waals surface area (Å²) in [5, 5.41) is 0. The summed E-state index contributed by atoms with van der Waals surface area (Å²) in [6.45, 7) is 6.77. The number of carbonyl (C=O) groups is 3. The van der Waals surface area contributed by atoms with Gasteiger partial charge >= 0.3 is 0 Å². The van der Waals surface area contributed by atoms with Crippen LogP contribution in [-0.4, -0.2) is 66.3 Å². The molecule has 2 aliphatic heterocycles. The third-order valence-electron chi connectivity index (χ3n) is 5.54. The van der Waals surface area contributed by atoms with Crippen molar-refractivity contribution in [2.24, 2.45) is 0 Å². The molecular formula is C21H28N2O4. The van der Waals surface area contributed by atoms with Crippen molar-refractivity contribution < 1.29 is 19.1 Å². The highest BCUT2D eigenvalue weighted by Gasteiger charge is 2.31. The predicted octanol–water partition coefficient (Wildman–Crippen LogP) is 2.12. The second kappa shape index (κ2) is 8.65. The van der Waals surface area contributed by atoms with Crippen molar-refractivity contribution in [3.63, 3.8) is 0 Å². The van der Waals surface area contributed by atoms with Crippen LogP contribution in [0.15, 0.2) is 18.2 Å². The number of benzene rings is 1. The molecule has 1 aromatic carbocycles. The summed E-state index contributed by atoms with van der Waals surface area (Å²) in [5.74, 6) is 0.0274. The summed E-state index contributed by atoms with van der Waals surface area (Å²) in [7, 11) is 0. The maximum Gasteiger partial charge on any atom is 0.251 e. The summed E-state index contributed by atoms with van der Waals surface area (Å²) < 4.78 is 5.46. The fraction of sp³-hybridized carbons (Fsp3) is 0.571. The molecule has 1 aromatic rings. The first-order chi connectivity index (χ1) is 13.0. The number of hydrogen-bond acceptors (Lipinski definition) is 4. The molecule has 27 heavy (non-hydrogen) atoms. The van der Waals surface area contributed by atoms with E-state index >= 15 is 0 Å². The van der Waals surface area contributed by atoms with E-state index in [0.717, 1.165) is 24.0 Å². The maximum atomic E-state index is 12.4. The Kier molecular flexibility index (Phi) is 6.26. The highest BCUT2D eigenvalue weighted by molar-refractivity contribution is 5.98. The van der Waals surface area contributed by atoms with Gasteiger partial charge in [0.25, 0.3) is 5.91 Å². The number of nitrogens with zero attached hydrogens (tertiary/aromatic N) is 2.